The quantitative estimate of drug-likeness (QED) is 0.502. The number of aromatic nitrogens is 4. The normalized spacial score (nSPS) is 11.0. The van der Waals surface area contributed by atoms with Gasteiger partial charge in [-0.3, -0.25) is 14.5 Å². The highest BCUT2D eigenvalue weighted by molar-refractivity contribution is 6.33. The van der Waals surface area contributed by atoms with Crippen molar-refractivity contribution < 1.29 is 9.53 Å². The maximum absolute atomic E-state index is 11.9. The summed E-state index contributed by atoms with van der Waals surface area (Å²) in [6, 6.07) is 9.30. The van der Waals surface area contributed by atoms with Crippen LogP contribution in [0, 0.1) is 0 Å². The monoisotopic (exact) mass is 374 g/mol. The van der Waals surface area contributed by atoms with Gasteiger partial charge in [-0.1, -0.05) is 29.8 Å². The third-order valence-electron chi connectivity index (χ3n) is 3.22. The van der Waals surface area contributed by atoms with Gasteiger partial charge in [-0.05, 0) is 29.8 Å². The highest BCUT2D eigenvalue weighted by atomic mass is 35.5. The number of benzene rings is 1. The van der Waals surface area contributed by atoms with Gasteiger partial charge < -0.3 is 4.74 Å². The predicted octanol–water partition coefficient (Wildman–Crippen LogP) is 3.73. The fraction of sp³-hybridized carbons (Fsp3) is 0.0588. The Hall–Kier alpha value is -2.70. The van der Waals surface area contributed by atoms with Crippen LogP contribution in [0.5, 0.6) is 0 Å². The number of carbonyl (C=O) groups excluding carboxylic acids is 1. The molecule has 0 spiro atoms. The standard InChI is InChI=1S/C17H12Cl2N4O2/c18-16-14(23(17(19)22-16)13-4-2-1-3-5-13)11-25-15(24)7-6-12-10-20-8-9-21-12/h1-10H,11H2. The second-order valence-corrected chi connectivity index (χ2v) is 5.56. The lowest BCUT2D eigenvalue weighted by molar-refractivity contribution is -0.139. The molecule has 0 saturated heterocycles. The number of ether oxygens (including phenoxy) is 1. The van der Waals surface area contributed by atoms with Crippen molar-refractivity contribution >= 4 is 35.2 Å². The molecule has 6 nitrogen and oxygen atoms in total. The molecule has 3 aromatic rings. The van der Waals surface area contributed by atoms with E-state index in [9.17, 15) is 4.79 Å². The summed E-state index contributed by atoms with van der Waals surface area (Å²) in [7, 11) is 0. The van der Waals surface area contributed by atoms with Crippen LogP contribution in [0.4, 0.5) is 0 Å². The number of hydrogen-bond donors (Lipinski definition) is 0. The Balaban J connectivity index is 1.73. The van der Waals surface area contributed by atoms with Crippen molar-refractivity contribution in [2.24, 2.45) is 0 Å². The molecule has 2 heterocycles. The van der Waals surface area contributed by atoms with E-state index in [-0.39, 0.29) is 17.0 Å². The SMILES string of the molecule is O=C(C=Cc1cnccn1)OCc1c(Cl)nc(Cl)n1-c1ccccc1. The minimum absolute atomic E-state index is 0.0723. The van der Waals surface area contributed by atoms with Gasteiger partial charge >= 0.3 is 5.97 Å². The highest BCUT2D eigenvalue weighted by Gasteiger charge is 2.17. The van der Waals surface area contributed by atoms with Crippen LogP contribution in [0.1, 0.15) is 11.4 Å². The maximum atomic E-state index is 11.9. The van der Waals surface area contributed by atoms with Gasteiger partial charge in [0.15, 0.2) is 5.15 Å². The topological polar surface area (TPSA) is 69.9 Å². The number of para-hydroxylation sites is 1. The molecule has 0 bridgehead atoms. The smallest absolute Gasteiger partial charge is 0.331 e. The number of nitrogens with zero attached hydrogens (tertiary/aromatic N) is 4. The molecule has 126 valence electrons. The Bertz CT molecular complexity index is 896. The van der Waals surface area contributed by atoms with Crippen LogP contribution >= 0.6 is 23.2 Å². The van der Waals surface area contributed by atoms with E-state index in [0.29, 0.717) is 11.4 Å². The Morgan fingerprint density at radius 1 is 1.20 bits per heavy atom. The van der Waals surface area contributed by atoms with Crippen LogP contribution in [0.2, 0.25) is 10.4 Å². The molecule has 1 aromatic carbocycles. The number of hydrogen-bond acceptors (Lipinski definition) is 5. The summed E-state index contributed by atoms with van der Waals surface area (Å²) in [6.45, 7) is -0.0723. The second-order valence-electron chi connectivity index (χ2n) is 4.86. The van der Waals surface area contributed by atoms with E-state index in [2.05, 4.69) is 15.0 Å². The minimum atomic E-state index is -0.543. The van der Waals surface area contributed by atoms with E-state index in [1.165, 1.54) is 24.5 Å². The summed E-state index contributed by atoms with van der Waals surface area (Å²) in [5.41, 5.74) is 1.81. The van der Waals surface area contributed by atoms with Crippen molar-refractivity contribution in [2.75, 3.05) is 0 Å². The van der Waals surface area contributed by atoms with Crippen LogP contribution in [-0.4, -0.2) is 25.5 Å². The predicted molar refractivity (Wildman–Crippen MR) is 94.4 cm³/mol. The van der Waals surface area contributed by atoms with Crippen LogP contribution in [0.15, 0.2) is 55.0 Å². The average Bonchev–Trinajstić information content (AvgIpc) is 2.93. The molecule has 3 rings (SSSR count). The van der Waals surface area contributed by atoms with Gasteiger partial charge in [0, 0.05) is 24.2 Å². The van der Waals surface area contributed by atoms with Gasteiger partial charge in [-0.15, -0.1) is 0 Å². The Labute approximate surface area is 153 Å². The van der Waals surface area contributed by atoms with Crippen molar-refractivity contribution in [1.82, 2.24) is 19.5 Å². The molecule has 8 heteroatoms. The van der Waals surface area contributed by atoms with Crippen molar-refractivity contribution in [2.45, 2.75) is 6.61 Å². The first kappa shape index (κ1) is 17.1. The maximum Gasteiger partial charge on any atom is 0.331 e. The number of carbonyl (C=O) groups is 1. The van der Waals surface area contributed by atoms with Gasteiger partial charge in [-0.25, -0.2) is 9.78 Å². The summed E-state index contributed by atoms with van der Waals surface area (Å²) < 4.78 is 6.86. The molecular weight excluding hydrogens is 363 g/mol. The molecule has 0 aliphatic carbocycles. The molecule has 0 saturated carbocycles. The molecule has 0 atom stereocenters. The second kappa shape index (κ2) is 7.92. The van der Waals surface area contributed by atoms with Crippen LogP contribution in [0.3, 0.4) is 0 Å². The summed E-state index contributed by atoms with van der Waals surface area (Å²) in [6.07, 6.45) is 7.39. The Morgan fingerprint density at radius 3 is 2.72 bits per heavy atom. The van der Waals surface area contributed by atoms with Crippen molar-refractivity contribution in [3.8, 4) is 5.69 Å². The van der Waals surface area contributed by atoms with E-state index in [4.69, 9.17) is 27.9 Å². The first-order chi connectivity index (χ1) is 12.1. The third-order valence-corrected chi connectivity index (χ3v) is 3.78. The van der Waals surface area contributed by atoms with E-state index >= 15 is 0 Å². The van der Waals surface area contributed by atoms with Crippen molar-refractivity contribution in [3.63, 3.8) is 0 Å². The molecule has 0 aliphatic heterocycles. The summed E-state index contributed by atoms with van der Waals surface area (Å²) in [4.78, 5) is 23.9. The van der Waals surface area contributed by atoms with Crippen molar-refractivity contribution in [1.29, 1.82) is 0 Å². The van der Waals surface area contributed by atoms with E-state index in [0.717, 1.165) is 5.69 Å². The lowest BCUT2D eigenvalue weighted by atomic mass is 10.3. The van der Waals surface area contributed by atoms with E-state index in [1.807, 2.05) is 30.3 Å². The van der Waals surface area contributed by atoms with Gasteiger partial charge in [0.1, 0.15) is 12.3 Å². The zero-order valence-electron chi connectivity index (χ0n) is 12.8. The van der Waals surface area contributed by atoms with E-state index in [1.54, 1.807) is 10.8 Å². The molecule has 0 fully saturated rings. The average molecular weight is 375 g/mol. The number of esters is 1. The summed E-state index contributed by atoms with van der Waals surface area (Å²) in [5.74, 6) is -0.543. The molecule has 0 radical (unpaired) electrons. The Morgan fingerprint density at radius 2 is 2.00 bits per heavy atom. The molecule has 2 aromatic heterocycles. The minimum Gasteiger partial charge on any atom is -0.456 e. The fourth-order valence-electron chi connectivity index (χ4n) is 2.10. The summed E-state index contributed by atoms with van der Waals surface area (Å²) in [5, 5.41) is 0.372. The van der Waals surface area contributed by atoms with Gasteiger partial charge in [0.05, 0.1) is 11.9 Å². The molecule has 0 unspecified atom stereocenters. The lowest BCUT2D eigenvalue weighted by Gasteiger charge is -2.09. The summed E-state index contributed by atoms with van der Waals surface area (Å²) >= 11 is 12.3. The molecular formula is C17H12Cl2N4O2. The lowest BCUT2D eigenvalue weighted by Crippen LogP contribution is -2.06. The molecule has 0 aliphatic rings. The Kier molecular flexibility index (Phi) is 5.42. The van der Waals surface area contributed by atoms with E-state index < -0.39 is 5.97 Å². The van der Waals surface area contributed by atoms with Crippen LogP contribution in [0.25, 0.3) is 11.8 Å². The van der Waals surface area contributed by atoms with Gasteiger partial charge in [-0.2, -0.15) is 0 Å². The number of imidazole rings is 1. The van der Waals surface area contributed by atoms with Gasteiger partial charge in [0.2, 0.25) is 5.28 Å². The van der Waals surface area contributed by atoms with Crippen LogP contribution < -0.4 is 0 Å². The zero-order valence-corrected chi connectivity index (χ0v) is 14.4. The highest BCUT2D eigenvalue weighted by Crippen LogP contribution is 2.26. The molecule has 25 heavy (non-hydrogen) atoms. The fourth-order valence-corrected chi connectivity index (χ4v) is 2.65. The largest absolute Gasteiger partial charge is 0.456 e. The number of rotatable bonds is 5. The van der Waals surface area contributed by atoms with Crippen molar-refractivity contribution in [3.05, 3.63) is 76.8 Å². The molecule has 0 amide bonds. The zero-order chi connectivity index (χ0) is 17.6. The number of halogens is 2. The van der Waals surface area contributed by atoms with Crippen LogP contribution in [-0.2, 0) is 16.1 Å². The first-order valence-corrected chi connectivity index (χ1v) is 7.99. The third kappa shape index (κ3) is 4.23. The molecule has 0 N–H and O–H groups in total. The van der Waals surface area contributed by atoms with Gasteiger partial charge in [0.25, 0.3) is 0 Å². The first-order valence-electron chi connectivity index (χ1n) is 7.24.